The van der Waals surface area contributed by atoms with Crippen molar-refractivity contribution in [3.8, 4) is 0 Å². The van der Waals surface area contributed by atoms with E-state index in [0.29, 0.717) is 25.9 Å². The van der Waals surface area contributed by atoms with Crippen molar-refractivity contribution in [1.82, 2.24) is 4.90 Å². The highest BCUT2D eigenvalue weighted by molar-refractivity contribution is 5.81. The van der Waals surface area contributed by atoms with Crippen LogP contribution in [0, 0.1) is 11.8 Å². The molecule has 1 aromatic rings. The summed E-state index contributed by atoms with van der Waals surface area (Å²) >= 11 is 0. The van der Waals surface area contributed by atoms with Gasteiger partial charge in [0.1, 0.15) is 0 Å². The third-order valence-electron chi connectivity index (χ3n) is 5.47. The molecule has 2 aliphatic rings. The number of aliphatic carboxylic acids is 1. The first kappa shape index (κ1) is 17.9. The number of benzene rings is 1. The lowest BCUT2D eigenvalue weighted by molar-refractivity contribution is -0.142. The molecular formula is C20H27NO4. The number of ether oxygens (including phenoxy) is 1. The molecule has 1 aliphatic heterocycles. The average molecular weight is 345 g/mol. The summed E-state index contributed by atoms with van der Waals surface area (Å²) in [7, 11) is 0. The lowest BCUT2D eigenvalue weighted by Crippen LogP contribution is -2.43. The fourth-order valence-electron chi connectivity index (χ4n) is 3.92. The summed E-state index contributed by atoms with van der Waals surface area (Å²) in [5, 5.41) is 9.08. The molecule has 0 radical (unpaired) electrons. The molecule has 0 aromatic heterocycles. The van der Waals surface area contributed by atoms with E-state index in [1.807, 2.05) is 23.1 Å². The topological polar surface area (TPSA) is 66.8 Å². The fourth-order valence-corrected chi connectivity index (χ4v) is 3.92. The Bertz CT molecular complexity index is 581. The lowest BCUT2D eigenvalue weighted by atomic mass is 10.0. The first-order chi connectivity index (χ1) is 12.1. The second kappa shape index (κ2) is 8.48. The van der Waals surface area contributed by atoms with E-state index in [2.05, 4.69) is 12.1 Å². The standard InChI is InChI=1S/C20H27NO4/c22-19(16-6-7-17(14-16)20(23)24)21-11-8-18(9-12-21)25-13-10-15-4-2-1-3-5-15/h1-5,16-18H,6-14H2,(H,23,24)/t16-,17+/m0/s1. The highest BCUT2D eigenvalue weighted by Crippen LogP contribution is 2.33. The quantitative estimate of drug-likeness (QED) is 0.861. The first-order valence-electron chi connectivity index (χ1n) is 9.30. The Balaban J connectivity index is 1.37. The maximum atomic E-state index is 12.6. The van der Waals surface area contributed by atoms with E-state index in [9.17, 15) is 9.59 Å². The molecule has 3 rings (SSSR count). The molecule has 2 fully saturated rings. The third-order valence-corrected chi connectivity index (χ3v) is 5.47. The number of hydrogen-bond donors (Lipinski definition) is 1. The molecule has 2 atom stereocenters. The highest BCUT2D eigenvalue weighted by atomic mass is 16.5. The van der Waals surface area contributed by atoms with E-state index < -0.39 is 5.97 Å². The molecule has 0 unspecified atom stereocenters. The number of nitrogens with zero attached hydrogens (tertiary/aromatic N) is 1. The molecule has 136 valence electrons. The Hall–Kier alpha value is -1.88. The Morgan fingerprint density at radius 2 is 1.72 bits per heavy atom. The van der Waals surface area contributed by atoms with Crippen molar-refractivity contribution in [3.05, 3.63) is 35.9 Å². The van der Waals surface area contributed by atoms with Crippen LogP contribution in [0.3, 0.4) is 0 Å². The van der Waals surface area contributed by atoms with Gasteiger partial charge in [-0.15, -0.1) is 0 Å². The highest BCUT2D eigenvalue weighted by Gasteiger charge is 2.36. The van der Waals surface area contributed by atoms with Gasteiger partial charge in [-0.3, -0.25) is 9.59 Å². The number of carbonyl (C=O) groups is 2. The molecule has 0 spiro atoms. The first-order valence-corrected chi connectivity index (χ1v) is 9.30. The zero-order valence-electron chi connectivity index (χ0n) is 14.6. The van der Waals surface area contributed by atoms with Crippen LogP contribution in [0.15, 0.2) is 30.3 Å². The molecule has 1 N–H and O–H groups in total. The predicted molar refractivity (Wildman–Crippen MR) is 94.2 cm³/mol. The van der Waals surface area contributed by atoms with Gasteiger partial charge >= 0.3 is 5.97 Å². The van der Waals surface area contributed by atoms with Gasteiger partial charge in [-0.05, 0) is 44.1 Å². The summed E-state index contributed by atoms with van der Waals surface area (Å²) < 4.78 is 5.97. The van der Waals surface area contributed by atoms with Gasteiger partial charge in [-0.25, -0.2) is 0 Å². The van der Waals surface area contributed by atoms with Crippen molar-refractivity contribution in [1.29, 1.82) is 0 Å². The summed E-state index contributed by atoms with van der Waals surface area (Å²) in [4.78, 5) is 25.5. The second-order valence-corrected chi connectivity index (χ2v) is 7.18. The van der Waals surface area contributed by atoms with Gasteiger partial charge in [-0.2, -0.15) is 0 Å². The number of hydrogen-bond acceptors (Lipinski definition) is 3. The van der Waals surface area contributed by atoms with Crippen LogP contribution in [0.25, 0.3) is 0 Å². The Morgan fingerprint density at radius 3 is 2.36 bits per heavy atom. The molecule has 1 amide bonds. The zero-order chi connectivity index (χ0) is 17.6. The smallest absolute Gasteiger partial charge is 0.306 e. The molecule has 1 aliphatic carbocycles. The summed E-state index contributed by atoms with van der Waals surface area (Å²) in [6.45, 7) is 2.16. The fraction of sp³-hybridized carbons (Fsp3) is 0.600. The Labute approximate surface area is 149 Å². The van der Waals surface area contributed by atoms with Crippen molar-refractivity contribution in [2.24, 2.45) is 11.8 Å². The van der Waals surface area contributed by atoms with Crippen LogP contribution in [0.4, 0.5) is 0 Å². The molecule has 1 heterocycles. The van der Waals surface area contributed by atoms with Gasteiger partial charge in [-0.1, -0.05) is 30.3 Å². The van der Waals surface area contributed by atoms with Crippen molar-refractivity contribution in [2.45, 2.75) is 44.6 Å². The Morgan fingerprint density at radius 1 is 1.04 bits per heavy atom. The van der Waals surface area contributed by atoms with Crippen molar-refractivity contribution < 1.29 is 19.4 Å². The van der Waals surface area contributed by atoms with Gasteiger partial charge in [0, 0.05) is 19.0 Å². The maximum absolute atomic E-state index is 12.6. The summed E-state index contributed by atoms with van der Waals surface area (Å²) in [6, 6.07) is 10.3. The molecule has 1 saturated carbocycles. The van der Waals surface area contributed by atoms with Crippen LogP contribution in [-0.4, -0.2) is 47.7 Å². The molecule has 1 saturated heterocycles. The van der Waals surface area contributed by atoms with Gasteiger partial charge < -0.3 is 14.7 Å². The van der Waals surface area contributed by atoms with Gasteiger partial charge in [0.25, 0.3) is 0 Å². The van der Waals surface area contributed by atoms with E-state index in [1.165, 1.54) is 5.56 Å². The average Bonchev–Trinajstić information content (AvgIpc) is 3.13. The number of carboxylic acid groups (broad SMARTS) is 1. The number of piperidine rings is 1. The van der Waals surface area contributed by atoms with Crippen LogP contribution in [0.5, 0.6) is 0 Å². The minimum absolute atomic E-state index is 0.100. The monoisotopic (exact) mass is 345 g/mol. The second-order valence-electron chi connectivity index (χ2n) is 7.18. The van der Waals surface area contributed by atoms with Crippen LogP contribution in [-0.2, 0) is 20.7 Å². The van der Waals surface area contributed by atoms with Gasteiger partial charge in [0.15, 0.2) is 0 Å². The van der Waals surface area contributed by atoms with Crippen molar-refractivity contribution >= 4 is 11.9 Å². The SMILES string of the molecule is O=C(O)[C@@H]1CC[C@H](C(=O)N2CCC(OCCc3ccccc3)CC2)C1. The minimum atomic E-state index is -0.763. The zero-order valence-corrected chi connectivity index (χ0v) is 14.6. The lowest BCUT2D eigenvalue weighted by Gasteiger charge is -2.33. The van der Waals surface area contributed by atoms with Crippen LogP contribution >= 0.6 is 0 Å². The molecule has 0 bridgehead atoms. The normalized spacial score (nSPS) is 24.4. The van der Waals surface area contributed by atoms with Crippen LogP contribution < -0.4 is 0 Å². The summed E-state index contributed by atoms with van der Waals surface area (Å²) in [5.41, 5.74) is 1.28. The third kappa shape index (κ3) is 4.82. The van der Waals surface area contributed by atoms with E-state index in [-0.39, 0.29) is 23.8 Å². The van der Waals surface area contributed by atoms with Gasteiger partial charge in [0.05, 0.1) is 18.6 Å². The summed E-state index contributed by atoms with van der Waals surface area (Å²) in [5.74, 6) is -1.06. The molecular weight excluding hydrogens is 318 g/mol. The predicted octanol–water partition coefficient (Wildman–Crippen LogP) is 2.74. The van der Waals surface area contributed by atoms with Crippen molar-refractivity contribution in [3.63, 3.8) is 0 Å². The molecule has 1 aromatic carbocycles. The Kier molecular flexibility index (Phi) is 6.08. The number of carbonyl (C=O) groups excluding carboxylic acids is 1. The largest absolute Gasteiger partial charge is 0.481 e. The number of rotatable bonds is 6. The van der Waals surface area contributed by atoms with E-state index >= 15 is 0 Å². The summed E-state index contributed by atoms with van der Waals surface area (Å²) in [6.07, 6.45) is 4.72. The number of likely N-dealkylation sites (tertiary alicyclic amines) is 1. The van der Waals surface area contributed by atoms with Crippen LogP contribution in [0.1, 0.15) is 37.7 Å². The number of amides is 1. The maximum Gasteiger partial charge on any atom is 0.306 e. The molecule has 5 nitrogen and oxygen atoms in total. The molecule has 25 heavy (non-hydrogen) atoms. The van der Waals surface area contributed by atoms with E-state index in [1.54, 1.807) is 0 Å². The minimum Gasteiger partial charge on any atom is -0.481 e. The number of carboxylic acids is 1. The van der Waals surface area contributed by atoms with Crippen molar-refractivity contribution in [2.75, 3.05) is 19.7 Å². The van der Waals surface area contributed by atoms with E-state index in [4.69, 9.17) is 9.84 Å². The molecule has 5 heteroatoms. The van der Waals surface area contributed by atoms with Crippen LogP contribution in [0.2, 0.25) is 0 Å². The van der Waals surface area contributed by atoms with E-state index in [0.717, 1.165) is 32.4 Å². The van der Waals surface area contributed by atoms with Gasteiger partial charge in [0.2, 0.25) is 5.91 Å².